The molecule has 0 heterocycles. The van der Waals surface area contributed by atoms with E-state index < -0.39 is 0 Å². The zero-order valence-electron chi connectivity index (χ0n) is 7.46. The van der Waals surface area contributed by atoms with Gasteiger partial charge in [-0.2, -0.15) is 0 Å². The highest BCUT2D eigenvalue weighted by atomic mass is 79.9. The summed E-state index contributed by atoms with van der Waals surface area (Å²) in [6, 6.07) is 5.63. The van der Waals surface area contributed by atoms with Crippen molar-refractivity contribution in [1.29, 1.82) is 0 Å². The van der Waals surface area contributed by atoms with E-state index in [1.807, 2.05) is 18.2 Å². The Morgan fingerprint density at radius 2 is 2.21 bits per heavy atom. The van der Waals surface area contributed by atoms with Crippen molar-refractivity contribution in [3.05, 3.63) is 29.3 Å². The summed E-state index contributed by atoms with van der Waals surface area (Å²) in [7, 11) is 0. The van der Waals surface area contributed by atoms with Gasteiger partial charge in [-0.25, -0.2) is 0 Å². The van der Waals surface area contributed by atoms with E-state index >= 15 is 0 Å². The Bertz CT molecular complexity index is 341. The van der Waals surface area contributed by atoms with Crippen LogP contribution in [-0.4, -0.2) is 11.7 Å². The van der Waals surface area contributed by atoms with Gasteiger partial charge in [0, 0.05) is 28.1 Å². The monoisotopic (exact) mass is 292 g/mol. The summed E-state index contributed by atoms with van der Waals surface area (Å²) in [6.45, 7) is 0. The molecule has 0 fully saturated rings. The van der Waals surface area contributed by atoms with E-state index in [0.29, 0.717) is 22.8 Å². The van der Waals surface area contributed by atoms with Crippen LogP contribution in [0.25, 0.3) is 0 Å². The summed E-state index contributed by atoms with van der Waals surface area (Å²) in [5.41, 5.74) is 1.73. The second-order valence-corrected chi connectivity index (χ2v) is 4.27. The predicted octanol–water partition coefficient (Wildman–Crippen LogP) is 3.68. The molecule has 0 aliphatic carbocycles. The lowest BCUT2D eigenvalue weighted by Gasteiger charge is -2.04. The first kappa shape index (κ1) is 12.1. The molecule has 0 saturated heterocycles. The van der Waals surface area contributed by atoms with Crippen LogP contribution < -0.4 is 0 Å². The van der Waals surface area contributed by atoms with Crippen LogP contribution in [-0.2, 0) is 5.33 Å². The average Bonchev–Trinajstić information content (AvgIpc) is 2.19. The first-order valence-corrected chi connectivity index (χ1v) is 6.26. The molecule has 0 aromatic heterocycles. The van der Waals surface area contributed by atoms with Gasteiger partial charge in [0.15, 0.2) is 5.78 Å². The second kappa shape index (κ2) is 5.79. The molecule has 0 spiro atoms. The molecular weight excluding hydrogens is 284 g/mol. The molecule has 1 rings (SSSR count). The second-order valence-electron chi connectivity index (χ2n) is 2.85. The number of alkyl halides is 2. The van der Waals surface area contributed by atoms with E-state index in [4.69, 9.17) is 11.6 Å². The third-order valence-electron chi connectivity index (χ3n) is 1.84. The van der Waals surface area contributed by atoms with Crippen LogP contribution >= 0.6 is 40.2 Å². The summed E-state index contributed by atoms with van der Waals surface area (Å²) < 4.78 is 0. The molecule has 0 amide bonds. The number of benzene rings is 1. The summed E-state index contributed by atoms with van der Waals surface area (Å²) in [6.07, 6.45) is 0.362. The summed E-state index contributed by atoms with van der Waals surface area (Å²) in [5, 5.41) is 0.738. The summed E-state index contributed by atoms with van der Waals surface area (Å²) in [5.74, 6) is 0.401. The fourth-order valence-corrected chi connectivity index (χ4v) is 1.89. The number of carbonyl (C=O) groups is 1. The van der Waals surface area contributed by atoms with Gasteiger partial charge in [-0.05, 0) is 17.7 Å². The SMILES string of the molecule is O=C(CCCl)c1cc(CBr)ccc1S. The Hall–Kier alpha value is 0.01000. The Kier molecular flexibility index (Phi) is 4.99. The molecule has 0 unspecified atom stereocenters. The van der Waals surface area contributed by atoms with Gasteiger partial charge in [-0.1, -0.05) is 22.0 Å². The molecule has 1 nitrogen and oxygen atoms in total. The molecule has 0 saturated carbocycles. The van der Waals surface area contributed by atoms with Gasteiger partial charge in [0.25, 0.3) is 0 Å². The van der Waals surface area contributed by atoms with Crippen LogP contribution in [0, 0.1) is 0 Å². The molecule has 14 heavy (non-hydrogen) atoms. The molecule has 0 N–H and O–H groups in total. The number of hydrogen-bond acceptors (Lipinski definition) is 2. The van der Waals surface area contributed by atoms with Crippen molar-refractivity contribution >= 4 is 45.9 Å². The van der Waals surface area contributed by atoms with Gasteiger partial charge >= 0.3 is 0 Å². The number of halogens is 2. The van der Waals surface area contributed by atoms with Gasteiger partial charge in [-0.15, -0.1) is 24.2 Å². The van der Waals surface area contributed by atoms with Gasteiger partial charge < -0.3 is 0 Å². The van der Waals surface area contributed by atoms with E-state index in [2.05, 4.69) is 28.6 Å². The maximum absolute atomic E-state index is 11.6. The molecule has 0 atom stereocenters. The van der Waals surface area contributed by atoms with E-state index in [1.165, 1.54) is 0 Å². The first-order chi connectivity index (χ1) is 6.69. The third kappa shape index (κ3) is 3.01. The molecule has 76 valence electrons. The van der Waals surface area contributed by atoms with Gasteiger partial charge in [0.05, 0.1) is 0 Å². The van der Waals surface area contributed by atoms with Crippen molar-refractivity contribution in [1.82, 2.24) is 0 Å². The lowest BCUT2D eigenvalue weighted by molar-refractivity contribution is 0.0986. The largest absolute Gasteiger partial charge is 0.294 e. The van der Waals surface area contributed by atoms with Crippen LogP contribution in [0.5, 0.6) is 0 Å². The summed E-state index contributed by atoms with van der Waals surface area (Å²) >= 11 is 13.1. The zero-order valence-corrected chi connectivity index (χ0v) is 10.7. The van der Waals surface area contributed by atoms with Crippen molar-refractivity contribution in [2.75, 3.05) is 5.88 Å². The number of ketones is 1. The minimum Gasteiger partial charge on any atom is -0.294 e. The van der Waals surface area contributed by atoms with E-state index in [1.54, 1.807) is 0 Å². The average molecular weight is 294 g/mol. The van der Waals surface area contributed by atoms with E-state index in [9.17, 15) is 4.79 Å². The number of Topliss-reactive ketones (excluding diaryl/α,β-unsaturated/α-hetero) is 1. The standard InChI is InChI=1S/C10H10BrClOS/c11-6-7-1-2-10(14)8(5-7)9(13)3-4-12/h1-2,5,14H,3-4,6H2. The molecule has 4 heteroatoms. The van der Waals surface area contributed by atoms with Crippen molar-refractivity contribution in [3.63, 3.8) is 0 Å². The van der Waals surface area contributed by atoms with Crippen molar-refractivity contribution in [2.24, 2.45) is 0 Å². The van der Waals surface area contributed by atoms with Crippen LogP contribution in [0.15, 0.2) is 23.1 Å². The van der Waals surface area contributed by atoms with Crippen molar-refractivity contribution in [3.8, 4) is 0 Å². The van der Waals surface area contributed by atoms with Gasteiger partial charge in [0.1, 0.15) is 0 Å². The van der Waals surface area contributed by atoms with Crippen LogP contribution in [0.1, 0.15) is 22.3 Å². The number of carbonyl (C=O) groups excluding carboxylic acids is 1. The van der Waals surface area contributed by atoms with E-state index in [-0.39, 0.29) is 5.78 Å². The van der Waals surface area contributed by atoms with E-state index in [0.717, 1.165) is 10.9 Å². The van der Waals surface area contributed by atoms with Crippen LogP contribution in [0.2, 0.25) is 0 Å². The normalized spacial score (nSPS) is 10.2. The lowest BCUT2D eigenvalue weighted by Crippen LogP contribution is -2.01. The topological polar surface area (TPSA) is 17.1 Å². The quantitative estimate of drug-likeness (QED) is 0.509. The van der Waals surface area contributed by atoms with Crippen molar-refractivity contribution in [2.45, 2.75) is 16.6 Å². The Morgan fingerprint density at radius 1 is 1.50 bits per heavy atom. The Labute approximate surface area is 102 Å². The molecule has 1 aromatic rings. The van der Waals surface area contributed by atoms with Crippen LogP contribution in [0.3, 0.4) is 0 Å². The van der Waals surface area contributed by atoms with Crippen molar-refractivity contribution < 1.29 is 4.79 Å². The molecule has 0 aliphatic heterocycles. The third-order valence-corrected chi connectivity index (χ3v) is 3.06. The number of thiol groups is 1. The Morgan fingerprint density at radius 3 is 2.79 bits per heavy atom. The Balaban J connectivity index is 2.99. The minimum atomic E-state index is 0.0489. The number of hydrogen-bond donors (Lipinski definition) is 1. The maximum Gasteiger partial charge on any atom is 0.165 e. The lowest BCUT2D eigenvalue weighted by atomic mass is 10.1. The summed E-state index contributed by atoms with van der Waals surface area (Å²) in [4.78, 5) is 12.3. The highest BCUT2D eigenvalue weighted by Crippen LogP contribution is 2.19. The zero-order chi connectivity index (χ0) is 10.6. The maximum atomic E-state index is 11.6. The first-order valence-electron chi connectivity index (χ1n) is 4.16. The molecule has 0 radical (unpaired) electrons. The predicted molar refractivity (Wildman–Crippen MR) is 66.0 cm³/mol. The fraction of sp³-hybridized carbons (Fsp3) is 0.300. The molecule has 0 aliphatic rings. The van der Waals surface area contributed by atoms with Gasteiger partial charge in [-0.3, -0.25) is 4.79 Å². The molecular formula is C10H10BrClOS. The fourth-order valence-electron chi connectivity index (χ4n) is 1.11. The minimum absolute atomic E-state index is 0.0489. The highest BCUT2D eigenvalue weighted by molar-refractivity contribution is 9.08. The molecule has 1 aromatic carbocycles. The smallest absolute Gasteiger partial charge is 0.165 e. The van der Waals surface area contributed by atoms with Crippen LogP contribution in [0.4, 0.5) is 0 Å². The molecule has 0 bridgehead atoms. The highest BCUT2D eigenvalue weighted by Gasteiger charge is 2.09. The van der Waals surface area contributed by atoms with Gasteiger partial charge in [0.2, 0.25) is 0 Å². The number of rotatable bonds is 4.